The minimum Gasteiger partial charge on any atom is -0.277 e. The molecule has 1 N–H and O–H groups in total. The smallest absolute Gasteiger partial charge is 0.160 e. The fourth-order valence-corrected chi connectivity index (χ4v) is 2.39. The molecular weight excluding hydrogens is 274 g/mol. The van der Waals surface area contributed by atoms with E-state index in [1.165, 1.54) is 0 Å². The number of benzene rings is 1. The van der Waals surface area contributed by atoms with Gasteiger partial charge in [-0.1, -0.05) is 0 Å². The Balaban J connectivity index is 2.07. The van der Waals surface area contributed by atoms with Crippen LogP contribution in [0.2, 0.25) is 0 Å². The monoisotopic (exact) mass is 282 g/mol. The Morgan fingerprint density at radius 1 is 0.952 bits per heavy atom. The minimum atomic E-state index is -0.907. The summed E-state index contributed by atoms with van der Waals surface area (Å²) >= 11 is 0. The molecule has 4 aromatic rings. The molecule has 0 aliphatic rings. The van der Waals surface area contributed by atoms with Crippen LogP contribution in [0.5, 0.6) is 0 Å². The van der Waals surface area contributed by atoms with Crippen LogP contribution in [0.1, 0.15) is 0 Å². The van der Waals surface area contributed by atoms with Gasteiger partial charge < -0.3 is 0 Å². The van der Waals surface area contributed by atoms with Crippen LogP contribution in [0.25, 0.3) is 33.2 Å². The quantitative estimate of drug-likeness (QED) is 0.581. The third-order valence-electron chi connectivity index (χ3n) is 3.36. The van der Waals surface area contributed by atoms with Gasteiger partial charge in [-0.05, 0) is 24.3 Å². The highest BCUT2D eigenvalue weighted by molar-refractivity contribution is 6.00. The van der Waals surface area contributed by atoms with Crippen LogP contribution in [-0.4, -0.2) is 20.2 Å². The molecule has 102 valence electrons. The topological polar surface area (TPSA) is 54.5 Å². The Hall–Kier alpha value is -2.89. The van der Waals surface area contributed by atoms with Crippen molar-refractivity contribution in [2.45, 2.75) is 0 Å². The Kier molecular flexibility index (Phi) is 2.44. The molecule has 0 atom stereocenters. The van der Waals surface area contributed by atoms with E-state index in [1.807, 2.05) is 6.07 Å². The summed E-state index contributed by atoms with van der Waals surface area (Å²) in [4.78, 5) is 8.53. The molecule has 6 heteroatoms. The second-order valence-electron chi connectivity index (χ2n) is 4.61. The summed E-state index contributed by atoms with van der Waals surface area (Å²) in [6, 6.07) is 7.61. The molecule has 3 heterocycles. The van der Waals surface area contributed by atoms with E-state index in [1.54, 1.807) is 24.5 Å². The summed E-state index contributed by atoms with van der Waals surface area (Å²) in [5, 5.41) is 7.39. The Bertz CT molecular complexity index is 973. The zero-order chi connectivity index (χ0) is 14.4. The van der Waals surface area contributed by atoms with Crippen molar-refractivity contribution in [1.82, 2.24) is 20.2 Å². The van der Waals surface area contributed by atoms with Crippen molar-refractivity contribution < 1.29 is 8.78 Å². The van der Waals surface area contributed by atoms with Crippen LogP contribution >= 0.6 is 0 Å². The predicted molar refractivity (Wildman–Crippen MR) is 74.5 cm³/mol. The lowest BCUT2D eigenvalue weighted by atomic mass is 10.1. The maximum atomic E-state index is 13.5. The van der Waals surface area contributed by atoms with Crippen LogP contribution in [0.4, 0.5) is 8.78 Å². The van der Waals surface area contributed by atoms with Gasteiger partial charge in [0.2, 0.25) is 0 Å². The van der Waals surface area contributed by atoms with Crippen LogP contribution in [0, 0.1) is 11.6 Å². The Labute approximate surface area is 117 Å². The first kappa shape index (κ1) is 11.9. The molecule has 4 nitrogen and oxygen atoms in total. The number of fused-ring (bicyclic) bond motifs is 2. The van der Waals surface area contributed by atoms with Crippen molar-refractivity contribution >= 4 is 21.9 Å². The van der Waals surface area contributed by atoms with Gasteiger partial charge >= 0.3 is 0 Å². The average molecular weight is 282 g/mol. The van der Waals surface area contributed by atoms with Gasteiger partial charge in [0.1, 0.15) is 5.69 Å². The predicted octanol–water partition coefficient (Wildman–Crippen LogP) is 3.45. The van der Waals surface area contributed by atoms with E-state index < -0.39 is 11.6 Å². The van der Waals surface area contributed by atoms with Gasteiger partial charge in [-0.2, -0.15) is 5.10 Å². The maximum absolute atomic E-state index is 13.5. The average Bonchev–Trinajstić information content (AvgIpc) is 2.90. The van der Waals surface area contributed by atoms with Crippen LogP contribution < -0.4 is 0 Å². The summed E-state index contributed by atoms with van der Waals surface area (Å²) in [5.41, 5.74) is 3.06. The maximum Gasteiger partial charge on any atom is 0.160 e. The molecule has 0 unspecified atom stereocenters. The normalized spacial score (nSPS) is 11.3. The molecule has 0 saturated heterocycles. The van der Waals surface area contributed by atoms with E-state index in [0.29, 0.717) is 27.6 Å². The van der Waals surface area contributed by atoms with Crippen molar-refractivity contribution in [3.05, 3.63) is 54.4 Å². The third kappa shape index (κ3) is 1.76. The molecule has 0 amide bonds. The molecule has 1 aromatic carbocycles. The van der Waals surface area contributed by atoms with Crippen LogP contribution in [0.15, 0.2) is 42.7 Å². The standard InChI is InChI=1S/C15H8F2N4/c16-10-6-9-13(7-11(10)17)20-21-14(9)8-3-5-18-12-2-1-4-19-15(8)12/h1-7H,(H,20,21). The number of H-pyrrole nitrogens is 1. The van der Waals surface area contributed by atoms with Gasteiger partial charge in [-0.15, -0.1) is 0 Å². The van der Waals surface area contributed by atoms with Crippen LogP contribution in [0.3, 0.4) is 0 Å². The number of aromatic nitrogens is 4. The largest absolute Gasteiger partial charge is 0.277 e. The molecule has 0 aliphatic heterocycles. The second-order valence-corrected chi connectivity index (χ2v) is 4.61. The summed E-state index contributed by atoms with van der Waals surface area (Å²) in [6.07, 6.45) is 3.29. The number of aromatic amines is 1. The van der Waals surface area contributed by atoms with Gasteiger partial charge in [0.05, 0.1) is 16.6 Å². The minimum absolute atomic E-state index is 0.435. The number of nitrogens with one attached hydrogen (secondary N) is 1. The molecule has 0 spiro atoms. The lowest BCUT2D eigenvalue weighted by Gasteiger charge is -2.02. The number of pyridine rings is 2. The second kappa shape index (κ2) is 4.31. The van der Waals surface area contributed by atoms with Crippen molar-refractivity contribution in [3.8, 4) is 11.3 Å². The fourth-order valence-electron chi connectivity index (χ4n) is 2.39. The third-order valence-corrected chi connectivity index (χ3v) is 3.36. The van der Waals surface area contributed by atoms with E-state index >= 15 is 0 Å². The highest BCUT2D eigenvalue weighted by Crippen LogP contribution is 2.31. The van der Waals surface area contributed by atoms with Crippen molar-refractivity contribution in [3.63, 3.8) is 0 Å². The van der Waals surface area contributed by atoms with Gasteiger partial charge in [0.15, 0.2) is 11.6 Å². The first-order chi connectivity index (χ1) is 10.2. The molecule has 4 rings (SSSR count). The molecule has 21 heavy (non-hydrogen) atoms. The zero-order valence-corrected chi connectivity index (χ0v) is 10.6. The Morgan fingerprint density at radius 3 is 2.71 bits per heavy atom. The first-order valence-corrected chi connectivity index (χ1v) is 6.27. The van der Waals surface area contributed by atoms with Gasteiger partial charge in [0, 0.05) is 29.4 Å². The van der Waals surface area contributed by atoms with Gasteiger partial charge in [0.25, 0.3) is 0 Å². The summed E-state index contributed by atoms with van der Waals surface area (Å²) in [6.45, 7) is 0. The summed E-state index contributed by atoms with van der Waals surface area (Å²) in [5.74, 6) is -1.81. The highest BCUT2D eigenvalue weighted by atomic mass is 19.2. The van der Waals surface area contributed by atoms with Crippen LogP contribution in [-0.2, 0) is 0 Å². The molecule has 0 bridgehead atoms. The first-order valence-electron chi connectivity index (χ1n) is 6.27. The fraction of sp³-hybridized carbons (Fsp3) is 0. The molecular formula is C15H8F2N4. The van der Waals surface area contributed by atoms with E-state index in [2.05, 4.69) is 20.2 Å². The lowest BCUT2D eigenvalue weighted by molar-refractivity contribution is 0.511. The van der Waals surface area contributed by atoms with E-state index in [9.17, 15) is 8.78 Å². The highest BCUT2D eigenvalue weighted by Gasteiger charge is 2.15. The van der Waals surface area contributed by atoms with Gasteiger partial charge in [-0.3, -0.25) is 15.1 Å². The van der Waals surface area contributed by atoms with Crippen molar-refractivity contribution in [2.24, 2.45) is 0 Å². The number of hydrogen-bond donors (Lipinski definition) is 1. The zero-order valence-electron chi connectivity index (χ0n) is 10.6. The number of hydrogen-bond acceptors (Lipinski definition) is 3. The SMILES string of the molecule is Fc1cc2[nH]nc(-c3ccnc4cccnc34)c2cc1F. The number of nitrogens with zero attached hydrogens (tertiary/aromatic N) is 3. The Morgan fingerprint density at radius 2 is 1.81 bits per heavy atom. The van der Waals surface area contributed by atoms with E-state index in [-0.39, 0.29) is 0 Å². The number of halogens is 2. The molecule has 0 radical (unpaired) electrons. The van der Waals surface area contributed by atoms with E-state index in [4.69, 9.17) is 0 Å². The summed E-state index contributed by atoms with van der Waals surface area (Å²) in [7, 11) is 0. The molecule has 0 saturated carbocycles. The van der Waals surface area contributed by atoms with Crippen molar-refractivity contribution in [2.75, 3.05) is 0 Å². The summed E-state index contributed by atoms with van der Waals surface area (Å²) < 4.78 is 26.8. The van der Waals surface area contributed by atoms with Gasteiger partial charge in [-0.25, -0.2) is 8.78 Å². The number of rotatable bonds is 1. The molecule has 3 aromatic heterocycles. The molecule has 0 aliphatic carbocycles. The lowest BCUT2D eigenvalue weighted by Crippen LogP contribution is -1.88. The van der Waals surface area contributed by atoms with E-state index in [0.717, 1.165) is 17.7 Å². The van der Waals surface area contributed by atoms with Crippen molar-refractivity contribution in [1.29, 1.82) is 0 Å². The molecule has 0 fully saturated rings.